The van der Waals surface area contributed by atoms with Gasteiger partial charge in [-0.3, -0.25) is 9.59 Å². The number of nitrogens with zero attached hydrogens (tertiary/aromatic N) is 1. The summed E-state index contributed by atoms with van der Waals surface area (Å²) >= 11 is 1.48. The number of rotatable bonds is 8. The minimum Gasteiger partial charge on any atom is -0.497 e. The monoisotopic (exact) mass is 471 g/mol. The molecule has 1 atom stereocenters. The first-order valence-electron chi connectivity index (χ1n) is 10.9. The fraction of sp³-hybridized carbons (Fsp3) is 0.148. The Kier molecular flexibility index (Phi) is 7.34. The van der Waals surface area contributed by atoms with E-state index in [0.717, 1.165) is 21.9 Å². The molecule has 0 fully saturated rings. The summed E-state index contributed by atoms with van der Waals surface area (Å²) in [5, 5.41) is 8.57. The standard InChI is InChI=1S/C27H25N3O3S/c1-18(19-8-4-3-5-9-19)28-26(32)23-10-6-7-11-24(23)30-25(31)16-21-17-34-27(29-21)20-12-14-22(33-2)15-13-20/h3-15,17-18H,16H2,1-2H3,(H,28,32)(H,30,31). The van der Waals surface area contributed by atoms with Crippen molar-refractivity contribution in [2.45, 2.75) is 19.4 Å². The first kappa shape index (κ1) is 23.2. The van der Waals surface area contributed by atoms with Crippen LogP contribution in [0.2, 0.25) is 0 Å². The molecule has 1 heterocycles. The smallest absolute Gasteiger partial charge is 0.253 e. The van der Waals surface area contributed by atoms with Crippen LogP contribution in [-0.4, -0.2) is 23.9 Å². The van der Waals surface area contributed by atoms with Crippen LogP contribution in [0.4, 0.5) is 5.69 Å². The number of para-hydroxylation sites is 1. The zero-order valence-electron chi connectivity index (χ0n) is 18.9. The molecular weight excluding hydrogens is 446 g/mol. The van der Waals surface area contributed by atoms with E-state index in [4.69, 9.17) is 4.74 Å². The number of ether oxygens (including phenoxy) is 1. The van der Waals surface area contributed by atoms with Gasteiger partial charge in [0.2, 0.25) is 5.91 Å². The molecule has 0 aliphatic rings. The van der Waals surface area contributed by atoms with Gasteiger partial charge in [-0.2, -0.15) is 0 Å². The Bertz CT molecular complexity index is 1270. The minimum atomic E-state index is -0.247. The molecule has 0 aliphatic heterocycles. The molecule has 7 heteroatoms. The topological polar surface area (TPSA) is 80.3 Å². The van der Waals surface area contributed by atoms with Crippen LogP contribution in [0.15, 0.2) is 84.2 Å². The summed E-state index contributed by atoms with van der Waals surface area (Å²) in [6, 6.07) is 24.2. The summed E-state index contributed by atoms with van der Waals surface area (Å²) in [6.45, 7) is 1.93. The van der Waals surface area contributed by atoms with Crippen molar-refractivity contribution in [2.24, 2.45) is 0 Å². The molecule has 3 aromatic carbocycles. The van der Waals surface area contributed by atoms with Crippen LogP contribution in [-0.2, 0) is 11.2 Å². The summed E-state index contributed by atoms with van der Waals surface area (Å²) in [7, 11) is 1.63. The number of carbonyl (C=O) groups is 2. The van der Waals surface area contributed by atoms with Crippen molar-refractivity contribution < 1.29 is 14.3 Å². The van der Waals surface area contributed by atoms with E-state index in [-0.39, 0.29) is 24.3 Å². The molecular formula is C27H25N3O3S. The van der Waals surface area contributed by atoms with Crippen LogP contribution in [0.5, 0.6) is 5.75 Å². The molecule has 4 aromatic rings. The second-order valence-corrected chi connectivity index (χ2v) is 8.61. The maximum Gasteiger partial charge on any atom is 0.253 e. The van der Waals surface area contributed by atoms with Crippen LogP contribution in [0.3, 0.4) is 0 Å². The molecule has 0 aliphatic carbocycles. The normalized spacial score (nSPS) is 11.5. The fourth-order valence-corrected chi connectivity index (χ4v) is 4.33. The van der Waals surface area contributed by atoms with Crippen molar-refractivity contribution in [3.63, 3.8) is 0 Å². The Morgan fingerprint density at radius 1 is 0.971 bits per heavy atom. The lowest BCUT2D eigenvalue weighted by atomic mass is 10.1. The van der Waals surface area contributed by atoms with Gasteiger partial charge in [0.05, 0.1) is 36.5 Å². The summed E-state index contributed by atoms with van der Waals surface area (Å²) in [5.41, 5.74) is 3.53. The number of hydrogen-bond acceptors (Lipinski definition) is 5. The number of benzene rings is 3. The maximum absolute atomic E-state index is 12.9. The lowest BCUT2D eigenvalue weighted by Crippen LogP contribution is -2.28. The van der Waals surface area contributed by atoms with Crippen molar-refractivity contribution in [3.05, 3.63) is 101 Å². The molecule has 0 spiro atoms. The Labute approximate surface area is 202 Å². The molecule has 1 unspecified atom stereocenters. The quantitative estimate of drug-likeness (QED) is 0.356. The molecule has 172 valence electrons. The summed E-state index contributed by atoms with van der Waals surface area (Å²) in [4.78, 5) is 30.2. The number of anilines is 1. The molecule has 0 saturated heterocycles. The van der Waals surface area contributed by atoms with Crippen molar-refractivity contribution in [3.8, 4) is 16.3 Å². The van der Waals surface area contributed by atoms with Gasteiger partial charge < -0.3 is 15.4 Å². The van der Waals surface area contributed by atoms with Gasteiger partial charge in [-0.1, -0.05) is 42.5 Å². The Hall–Kier alpha value is -3.97. The number of amides is 2. The van der Waals surface area contributed by atoms with Crippen LogP contribution >= 0.6 is 11.3 Å². The third-order valence-corrected chi connectivity index (χ3v) is 6.26. The molecule has 6 nitrogen and oxygen atoms in total. The van der Waals surface area contributed by atoms with E-state index in [1.807, 2.05) is 66.9 Å². The number of aromatic nitrogens is 1. The summed E-state index contributed by atoms with van der Waals surface area (Å²) < 4.78 is 5.19. The van der Waals surface area contributed by atoms with Crippen molar-refractivity contribution in [2.75, 3.05) is 12.4 Å². The van der Waals surface area contributed by atoms with Gasteiger partial charge in [0, 0.05) is 10.9 Å². The molecule has 34 heavy (non-hydrogen) atoms. The van der Waals surface area contributed by atoms with Gasteiger partial charge in [0.15, 0.2) is 0 Å². The molecule has 4 rings (SSSR count). The largest absolute Gasteiger partial charge is 0.497 e. The molecule has 0 bridgehead atoms. The van der Waals surface area contributed by atoms with Gasteiger partial charge in [0.25, 0.3) is 5.91 Å². The number of methoxy groups -OCH3 is 1. The zero-order chi connectivity index (χ0) is 23.9. The van der Waals surface area contributed by atoms with Crippen LogP contribution in [0.25, 0.3) is 10.6 Å². The number of nitrogens with one attached hydrogen (secondary N) is 2. The second-order valence-electron chi connectivity index (χ2n) is 7.75. The highest BCUT2D eigenvalue weighted by molar-refractivity contribution is 7.13. The molecule has 2 amide bonds. The average Bonchev–Trinajstić information content (AvgIpc) is 3.33. The zero-order valence-corrected chi connectivity index (χ0v) is 19.8. The highest BCUT2D eigenvalue weighted by Gasteiger charge is 2.17. The third kappa shape index (κ3) is 5.68. The average molecular weight is 472 g/mol. The first-order valence-corrected chi connectivity index (χ1v) is 11.7. The van der Waals surface area contributed by atoms with Crippen molar-refractivity contribution in [1.82, 2.24) is 10.3 Å². The molecule has 1 aromatic heterocycles. The summed E-state index contributed by atoms with van der Waals surface area (Å²) in [5.74, 6) is 0.298. The van der Waals surface area contributed by atoms with E-state index in [9.17, 15) is 9.59 Å². The Balaban J connectivity index is 1.41. The number of carbonyl (C=O) groups excluding carboxylic acids is 2. The maximum atomic E-state index is 12.9. The Morgan fingerprint density at radius 3 is 2.41 bits per heavy atom. The molecule has 0 radical (unpaired) electrons. The number of hydrogen-bond donors (Lipinski definition) is 2. The lowest BCUT2D eigenvalue weighted by Gasteiger charge is -2.16. The van der Waals surface area contributed by atoms with E-state index in [1.54, 1.807) is 31.4 Å². The molecule has 0 saturated carbocycles. The third-order valence-electron chi connectivity index (χ3n) is 5.32. The van der Waals surface area contributed by atoms with Crippen molar-refractivity contribution in [1.29, 1.82) is 0 Å². The highest BCUT2D eigenvalue weighted by Crippen LogP contribution is 2.26. The van der Waals surface area contributed by atoms with Crippen LogP contribution in [0.1, 0.15) is 34.6 Å². The fourth-order valence-electron chi connectivity index (χ4n) is 3.50. The highest BCUT2D eigenvalue weighted by atomic mass is 32.1. The lowest BCUT2D eigenvalue weighted by molar-refractivity contribution is -0.115. The van der Waals surface area contributed by atoms with E-state index in [0.29, 0.717) is 16.9 Å². The van der Waals surface area contributed by atoms with Gasteiger partial charge in [0.1, 0.15) is 10.8 Å². The van der Waals surface area contributed by atoms with Gasteiger partial charge >= 0.3 is 0 Å². The van der Waals surface area contributed by atoms with Crippen molar-refractivity contribution >= 4 is 28.8 Å². The summed E-state index contributed by atoms with van der Waals surface area (Å²) in [6.07, 6.45) is 0.114. The van der Waals surface area contributed by atoms with E-state index >= 15 is 0 Å². The van der Waals surface area contributed by atoms with Crippen LogP contribution < -0.4 is 15.4 Å². The van der Waals surface area contributed by atoms with E-state index in [2.05, 4.69) is 15.6 Å². The van der Waals surface area contributed by atoms with E-state index < -0.39 is 0 Å². The molecule has 2 N–H and O–H groups in total. The predicted octanol–water partition coefficient (Wildman–Crippen LogP) is 5.49. The first-order chi connectivity index (χ1) is 16.5. The van der Waals surface area contributed by atoms with Gasteiger partial charge in [-0.05, 0) is 48.9 Å². The Morgan fingerprint density at radius 2 is 1.68 bits per heavy atom. The van der Waals surface area contributed by atoms with E-state index in [1.165, 1.54) is 11.3 Å². The second kappa shape index (κ2) is 10.8. The minimum absolute atomic E-state index is 0.114. The van der Waals surface area contributed by atoms with Gasteiger partial charge in [-0.15, -0.1) is 11.3 Å². The predicted molar refractivity (Wildman–Crippen MR) is 135 cm³/mol. The van der Waals surface area contributed by atoms with Gasteiger partial charge in [-0.25, -0.2) is 4.98 Å². The number of thiazole rings is 1. The SMILES string of the molecule is COc1ccc(-c2nc(CC(=O)Nc3ccccc3C(=O)NC(C)c3ccccc3)cs2)cc1. The van der Waals surface area contributed by atoms with Crippen LogP contribution in [0, 0.1) is 0 Å².